The van der Waals surface area contributed by atoms with Crippen LogP contribution in [0.25, 0.3) is 0 Å². The van der Waals surface area contributed by atoms with Crippen molar-refractivity contribution < 1.29 is 19.0 Å². The molecular formula is C11H6BrClFNO3S. The lowest BCUT2D eigenvalue weighted by atomic mass is 10.3. The van der Waals surface area contributed by atoms with Crippen LogP contribution in [-0.2, 0) is 6.61 Å². The van der Waals surface area contributed by atoms with Gasteiger partial charge in [-0.25, -0.2) is 14.2 Å². The molecule has 100 valence electrons. The standard InChI is InChI=1S/C11H6BrClFNO3S/c12-6-1-7(13)8(14)2-9(6)18-3-5-4-19-10(15-5)11(16)17/h1-2,4H,3H2,(H,16,17). The Morgan fingerprint density at radius 1 is 1.58 bits per heavy atom. The molecule has 4 nitrogen and oxygen atoms in total. The summed E-state index contributed by atoms with van der Waals surface area (Å²) in [5.41, 5.74) is 0.463. The third kappa shape index (κ3) is 3.43. The average Bonchev–Trinajstić information content (AvgIpc) is 2.81. The molecule has 0 aliphatic rings. The van der Waals surface area contributed by atoms with Gasteiger partial charge in [0.05, 0.1) is 15.2 Å². The van der Waals surface area contributed by atoms with Gasteiger partial charge in [-0.05, 0) is 22.0 Å². The van der Waals surface area contributed by atoms with Crippen LogP contribution in [-0.4, -0.2) is 16.1 Å². The number of carboxylic acids is 1. The second kappa shape index (κ2) is 5.85. The molecule has 0 unspecified atom stereocenters. The second-order valence-electron chi connectivity index (χ2n) is 3.43. The lowest BCUT2D eigenvalue weighted by Gasteiger charge is -2.07. The van der Waals surface area contributed by atoms with Gasteiger partial charge in [-0.2, -0.15) is 0 Å². The fourth-order valence-electron chi connectivity index (χ4n) is 1.24. The van der Waals surface area contributed by atoms with Crippen molar-refractivity contribution in [2.45, 2.75) is 6.61 Å². The fourth-order valence-corrected chi connectivity index (χ4v) is 2.63. The number of aromatic nitrogens is 1. The fraction of sp³-hybridized carbons (Fsp3) is 0.0909. The smallest absolute Gasteiger partial charge is 0.365 e. The van der Waals surface area contributed by atoms with E-state index in [1.807, 2.05) is 0 Å². The van der Waals surface area contributed by atoms with E-state index in [1.165, 1.54) is 6.07 Å². The number of halogens is 3. The molecule has 1 aromatic carbocycles. The number of aromatic carboxylic acids is 1. The zero-order chi connectivity index (χ0) is 14.0. The van der Waals surface area contributed by atoms with E-state index in [0.29, 0.717) is 10.2 Å². The molecule has 0 bridgehead atoms. The number of hydrogen-bond acceptors (Lipinski definition) is 4. The lowest BCUT2D eigenvalue weighted by molar-refractivity contribution is 0.0696. The van der Waals surface area contributed by atoms with E-state index < -0.39 is 11.8 Å². The summed E-state index contributed by atoms with van der Waals surface area (Å²) in [6.07, 6.45) is 0. The Kier molecular flexibility index (Phi) is 4.38. The minimum Gasteiger partial charge on any atom is -0.486 e. The molecule has 0 fully saturated rings. The third-order valence-corrected chi connectivity index (χ3v) is 3.87. The summed E-state index contributed by atoms with van der Waals surface area (Å²) in [6, 6.07) is 2.53. The number of carbonyl (C=O) groups is 1. The molecule has 2 aromatic rings. The monoisotopic (exact) mass is 365 g/mol. The number of hydrogen-bond donors (Lipinski definition) is 1. The quantitative estimate of drug-likeness (QED) is 0.832. The van der Waals surface area contributed by atoms with Gasteiger partial charge in [-0.1, -0.05) is 11.6 Å². The zero-order valence-electron chi connectivity index (χ0n) is 9.19. The van der Waals surface area contributed by atoms with Gasteiger partial charge in [0.25, 0.3) is 0 Å². The number of carboxylic acid groups (broad SMARTS) is 1. The van der Waals surface area contributed by atoms with Gasteiger partial charge in [0.15, 0.2) is 0 Å². The van der Waals surface area contributed by atoms with Crippen LogP contribution >= 0.6 is 38.9 Å². The summed E-state index contributed by atoms with van der Waals surface area (Å²) in [4.78, 5) is 14.5. The number of thiazole rings is 1. The highest BCUT2D eigenvalue weighted by Crippen LogP contribution is 2.31. The first kappa shape index (κ1) is 14.2. The van der Waals surface area contributed by atoms with Crippen LogP contribution < -0.4 is 4.74 Å². The summed E-state index contributed by atoms with van der Waals surface area (Å²) in [6.45, 7) is 0.0451. The van der Waals surface area contributed by atoms with Gasteiger partial charge in [0.1, 0.15) is 18.2 Å². The molecule has 0 saturated carbocycles. The van der Waals surface area contributed by atoms with Crippen molar-refractivity contribution in [3.05, 3.63) is 43.5 Å². The molecular weight excluding hydrogens is 361 g/mol. The van der Waals surface area contributed by atoms with Gasteiger partial charge < -0.3 is 9.84 Å². The lowest BCUT2D eigenvalue weighted by Crippen LogP contribution is -2.00. The Morgan fingerprint density at radius 2 is 2.32 bits per heavy atom. The Bertz CT molecular complexity index is 634. The molecule has 1 heterocycles. The topological polar surface area (TPSA) is 59.4 Å². The van der Waals surface area contributed by atoms with Crippen LogP contribution in [0.15, 0.2) is 22.0 Å². The van der Waals surface area contributed by atoms with Crippen LogP contribution in [0.1, 0.15) is 15.5 Å². The first-order valence-electron chi connectivity index (χ1n) is 4.92. The van der Waals surface area contributed by atoms with Crippen molar-refractivity contribution in [3.8, 4) is 5.75 Å². The van der Waals surface area contributed by atoms with Gasteiger partial charge in [0, 0.05) is 11.4 Å². The van der Waals surface area contributed by atoms with Crippen LogP contribution in [0.2, 0.25) is 5.02 Å². The van der Waals surface area contributed by atoms with Crippen molar-refractivity contribution in [3.63, 3.8) is 0 Å². The molecule has 1 N–H and O–H groups in total. The first-order chi connectivity index (χ1) is 8.97. The minimum atomic E-state index is -1.09. The van der Waals surface area contributed by atoms with Crippen LogP contribution in [0.5, 0.6) is 5.75 Å². The first-order valence-corrected chi connectivity index (χ1v) is 6.97. The Labute approximate surface area is 124 Å². The molecule has 1 aromatic heterocycles. The second-order valence-corrected chi connectivity index (χ2v) is 5.55. The van der Waals surface area contributed by atoms with E-state index in [1.54, 1.807) is 5.38 Å². The number of benzene rings is 1. The van der Waals surface area contributed by atoms with Crippen molar-refractivity contribution >= 4 is 44.8 Å². The zero-order valence-corrected chi connectivity index (χ0v) is 12.4. The van der Waals surface area contributed by atoms with Gasteiger partial charge in [-0.15, -0.1) is 11.3 Å². The maximum atomic E-state index is 13.3. The highest BCUT2D eigenvalue weighted by atomic mass is 79.9. The van der Waals surface area contributed by atoms with E-state index in [-0.39, 0.29) is 22.4 Å². The van der Waals surface area contributed by atoms with E-state index in [2.05, 4.69) is 20.9 Å². The molecule has 0 atom stereocenters. The number of ether oxygens (including phenoxy) is 1. The van der Waals surface area contributed by atoms with Crippen molar-refractivity contribution in [1.82, 2.24) is 4.98 Å². The normalized spacial score (nSPS) is 10.5. The number of rotatable bonds is 4. The maximum absolute atomic E-state index is 13.3. The Hall–Kier alpha value is -1.18. The molecule has 0 radical (unpaired) electrons. The molecule has 8 heteroatoms. The third-order valence-electron chi connectivity index (χ3n) is 2.09. The Balaban J connectivity index is 2.09. The van der Waals surface area contributed by atoms with E-state index in [0.717, 1.165) is 17.4 Å². The predicted octanol–water partition coefficient (Wildman–Crippen LogP) is 3.98. The molecule has 0 aliphatic heterocycles. The molecule has 0 saturated heterocycles. The van der Waals surface area contributed by atoms with Gasteiger partial charge in [0.2, 0.25) is 5.01 Å². The molecule has 0 aliphatic carbocycles. The highest BCUT2D eigenvalue weighted by Gasteiger charge is 2.11. The maximum Gasteiger partial charge on any atom is 0.365 e. The summed E-state index contributed by atoms with van der Waals surface area (Å²) in [5, 5.41) is 10.3. The van der Waals surface area contributed by atoms with Crippen LogP contribution in [0.4, 0.5) is 4.39 Å². The molecule has 19 heavy (non-hydrogen) atoms. The van der Waals surface area contributed by atoms with Crippen molar-refractivity contribution in [1.29, 1.82) is 0 Å². The Morgan fingerprint density at radius 3 is 2.95 bits per heavy atom. The minimum absolute atomic E-state index is 0.0129. The molecule has 0 amide bonds. The average molecular weight is 367 g/mol. The summed E-state index contributed by atoms with van der Waals surface area (Å²) in [7, 11) is 0. The predicted molar refractivity (Wildman–Crippen MR) is 72.5 cm³/mol. The van der Waals surface area contributed by atoms with Crippen molar-refractivity contribution in [2.75, 3.05) is 0 Å². The summed E-state index contributed by atoms with van der Waals surface area (Å²) >= 11 is 9.81. The van der Waals surface area contributed by atoms with Gasteiger partial charge >= 0.3 is 5.97 Å². The van der Waals surface area contributed by atoms with E-state index in [4.69, 9.17) is 21.4 Å². The summed E-state index contributed by atoms with van der Waals surface area (Å²) < 4.78 is 19.1. The highest BCUT2D eigenvalue weighted by molar-refractivity contribution is 9.10. The van der Waals surface area contributed by atoms with E-state index >= 15 is 0 Å². The summed E-state index contributed by atoms with van der Waals surface area (Å²) in [5.74, 6) is -1.41. The molecule has 2 rings (SSSR count). The number of nitrogens with zero attached hydrogens (tertiary/aromatic N) is 1. The molecule has 0 spiro atoms. The van der Waals surface area contributed by atoms with Crippen molar-refractivity contribution in [2.24, 2.45) is 0 Å². The van der Waals surface area contributed by atoms with E-state index in [9.17, 15) is 9.18 Å². The van der Waals surface area contributed by atoms with Crippen LogP contribution in [0.3, 0.4) is 0 Å². The van der Waals surface area contributed by atoms with Gasteiger partial charge in [-0.3, -0.25) is 0 Å². The van der Waals surface area contributed by atoms with Crippen LogP contribution in [0, 0.1) is 5.82 Å². The largest absolute Gasteiger partial charge is 0.486 e. The SMILES string of the molecule is O=C(O)c1nc(COc2cc(F)c(Cl)cc2Br)cs1.